The van der Waals surface area contributed by atoms with Crippen LogP contribution in [-0.2, 0) is 19.1 Å². The van der Waals surface area contributed by atoms with Gasteiger partial charge in [0.1, 0.15) is 0 Å². The number of carbonyl (C=O) groups is 2. The van der Waals surface area contributed by atoms with Crippen molar-refractivity contribution in [2.45, 2.75) is 186 Å². The van der Waals surface area contributed by atoms with Gasteiger partial charge in [0.15, 0.2) is 5.92 Å². The maximum absolute atomic E-state index is 14.2. The lowest BCUT2D eigenvalue weighted by atomic mass is 9.83. The van der Waals surface area contributed by atoms with Crippen molar-refractivity contribution in [2.75, 3.05) is 13.2 Å². The number of carbonyl (C=O) groups excluding carboxylic acids is 2. The van der Waals surface area contributed by atoms with Gasteiger partial charge in [-0.15, -0.1) is 141 Å². The second kappa shape index (κ2) is 15.7. The van der Waals surface area contributed by atoms with Crippen molar-refractivity contribution in [3.8, 4) is 0 Å². The van der Waals surface area contributed by atoms with Gasteiger partial charge in [-0.1, -0.05) is 0 Å². The van der Waals surface area contributed by atoms with Crippen LogP contribution in [0.1, 0.15) is 125 Å². The second-order valence-electron chi connectivity index (χ2n) is 17.9. The van der Waals surface area contributed by atoms with Crippen molar-refractivity contribution >= 4 is 153 Å². The predicted molar refractivity (Wildman–Crippen MR) is 271 cm³/mol. The summed E-state index contributed by atoms with van der Waals surface area (Å²) >= 11 is 23.3. The van der Waals surface area contributed by atoms with Gasteiger partial charge < -0.3 is 9.47 Å². The fraction of sp³-hybridized carbons (Fsp3) is 0.523. The summed E-state index contributed by atoms with van der Waals surface area (Å²) in [5.74, 6) is -0.967. The van der Waals surface area contributed by atoms with Crippen LogP contribution in [0.3, 0.4) is 0 Å². The van der Waals surface area contributed by atoms with E-state index in [0.717, 1.165) is 25.1 Å². The summed E-state index contributed by atoms with van der Waals surface area (Å²) in [4.78, 5) is 43.7. The zero-order valence-corrected chi connectivity index (χ0v) is 46.0. The SMILES string of the molecule is CCOC(=O)C(C(=O)OCC)c1c2c(c([C](c3c4c(cc5c3SC(C)(C)S5)SC(C)(C)S4)c3c4c(cc5c3SC(C)(C)S5)SC(C)(C)S4)c3c1SC(C)(C)S3)SC(C)(C)S2. The van der Waals surface area contributed by atoms with Crippen LogP contribution >= 0.6 is 141 Å². The highest BCUT2D eigenvalue weighted by Crippen LogP contribution is 2.74. The molecule has 1 radical (unpaired) electrons. The minimum atomic E-state index is -1.19. The van der Waals surface area contributed by atoms with Crippen LogP contribution in [-0.4, -0.2) is 49.6 Å². The Morgan fingerprint density at radius 1 is 0.417 bits per heavy atom. The highest BCUT2D eigenvalue weighted by atomic mass is 32.2. The Morgan fingerprint density at radius 3 is 0.967 bits per heavy atom. The minimum Gasteiger partial charge on any atom is -0.465 e. The molecule has 321 valence electrons. The Balaban J connectivity index is 1.46. The van der Waals surface area contributed by atoms with E-state index < -0.39 is 17.9 Å². The molecule has 3 aromatic rings. The third-order valence-corrected chi connectivity index (χ3v) is 26.8. The molecule has 0 bridgehead atoms. The number of rotatable bonds is 8. The molecule has 0 amide bonds. The van der Waals surface area contributed by atoms with Crippen molar-refractivity contribution in [2.24, 2.45) is 0 Å². The molecule has 6 heterocycles. The topological polar surface area (TPSA) is 52.6 Å². The van der Waals surface area contributed by atoms with Gasteiger partial charge in [-0.2, -0.15) is 0 Å². The van der Waals surface area contributed by atoms with E-state index in [2.05, 4.69) is 95.2 Å². The minimum absolute atomic E-state index is 0.0403. The quantitative estimate of drug-likeness (QED) is 0.122. The molecule has 4 nitrogen and oxygen atoms in total. The molecule has 0 spiro atoms. The molecule has 0 aliphatic carbocycles. The number of hydrogen-bond donors (Lipinski definition) is 0. The van der Waals surface area contributed by atoms with Gasteiger partial charge in [0, 0.05) is 64.3 Å². The first-order valence-electron chi connectivity index (χ1n) is 20.0. The largest absolute Gasteiger partial charge is 0.465 e. The first-order chi connectivity index (χ1) is 27.8. The van der Waals surface area contributed by atoms with Gasteiger partial charge in [-0.25, -0.2) is 0 Å². The molecule has 6 aliphatic heterocycles. The van der Waals surface area contributed by atoms with Crippen LogP contribution < -0.4 is 0 Å². The monoisotopic (exact) mass is 1030 g/mol. The Kier molecular flexibility index (Phi) is 12.0. The van der Waals surface area contributed by atoms with Gasteiger partial charge in [0.05, 0.1) is 43.6 Å². The van der Waals surface area contributed by atoms with Gasteiger partial charge in [-0.3, -0.25) is 9.59 Å². The fourth-order valence-corrected chi connectivity index (χ4v) is 25.7. The van der Waals surface area contributed by atoms with E-state index in [-0.39, 0.29) is 37.7 Å². The summed E-state index contributed by atoms with van der Waals surface area (Å²) in [6.07, 6.45) is 0. The number of hydrogen-bond acceptors (Lipinski definition) is 16. The Morgan fingerprint density at radius 2 is 0.667 bits per heavy atom. The molecule has 0 saturated heterocycles. The highest BCUT2D eigenvalue weighted by Gasteiger charge is 2.53. The van der Waals surface area contributed by atoms with Gasteiger partial charge in [0.25, 0.3) is 0 Å². The second-order valence-corrected chi connectivity index (χ2v) is 39.1. The molecule has 0 saturated carbocycles. The molecule has 0 aromatic heterocycles. The first kappa shape index (κ1) is 45.9. The molecule has 6 aliphatic rings. The molecule has 3 aromatic carbocycles. The molecule has 60 heavy (non-hydrogen) atoms. The average molecular weight is 1030 g/mol. The molecule has 0 atom stereocenters. The molecular formula is C44H49O4S12. The lowest BCUT2D eigenvalue weighted by Gasteiger charge is -2.31. The summed E-state index contributed by atoms with van der Waals surface area (Å²) in [5, 5.41) is 0. The first-order valence-corrected chi connectivity index (χ1v) is 29.8. The Hall–Kier alpha value is 0.800. The van der Waals surface area contributed by atoms with Crippen LogP contribution in [0, 0.1) is 5.92 Å². The maximum atomic E-state index is 14.2. The lowest BCUT2D eigenvalue weighted by Crippen LogP contribution is -2.28. The zero-order valence-electron chi connectivity index (χ0n) is 36.2. The van der Waals surface area contributed by atoms with Crippen LogP contribution in [0.4, 0.5) is 0 Å². The van der Waals surface area contributed by atoms with E-state index in [0.29, 0.717) is 0 Å². The van der Waals surface area contributed by atoms with Crippen molar-refractivity contribution in [3.05, 3.63) is 40.3 Å². The number of ether oxygens (including phenoxy) is 2. The number of thioether (sulfide) groups is 12. The van der Waals surface area contributed by atoms with Crippen LogP contribution in [0.2, 0.25) is 0 Å². The van der Waals surface area contributed by atoms with E-state index in [1.807, 2.05) is 118 Å². The third kappa shape index (κ3) is 8.20. The van der Waals surface area contributed by atoms with Gasteiger partial charge in [-0.05, 0) is 126 Å². The van der Waals surface area contributed by atoms with Crippen molar-refractivity contribution < 1.29 is 19.1 Å². The van der Waals surface area contributed by atoms with Crippen LogP contribution in [0.25, 0.3) is 0 Å². The molecule has 16 heteroatoms. The van der Waals surface area contributed by atoms with Crippen molar-refractivity contribution in [3.63, 3.8) is 0 Å². The Labute approximate surface area is 407 Å². The van der Waals surface area contributed by atoms with Crippen LogP contribution in [0.5, 0.6) is 0 Å². The summed E-state index contributed by atoms with van der Waals surface area (Å²) in [6, 6.07) is 4.96. The van der Waals surface area contributed by atoms with E-state index >= 15 is 0 Å². The number of esters is 2. The number of fused-ring (bicyclic) bond motifs is 6. The zero-order chi connectivity index (χ0) is 43.3. The summed E-state index contributed by atoms with van der Waals surface area (Å²) in [6.45, 7) is 32.0. The summed E-state index contributed by atoms with van der Waals surface area (Å²) < 4.78 is 10.8. The predicted octanol–water partition coefficient (Wildman–Crippen LogP) is 16.5. The molecule has 0 unspecified atom stereocenters. The van der Waals surface area contributed by atoms with Gasteiger partial charge >= 0.3 is 11.9 Å². The fourth-order valence-electron chi connectivity index (χ4n) is 8.24. The smallest absolute Gasteiger partial charge is 0.324 e. The van der Waals surface area contributed by atoms with E-state index in [4.69, 9.17) is 9.47 Å². The van der Waals surface area contributed by atoms with E-state index in [1.54, 1.807) is 37.4 Å². The lowest BCUT2D eigenvalue weighted by molar-refractivity contribution is -0.157. The Bertz CT molecular complexity index is 2160. The molecule has 0 N–H and O–H groups in total. The molecule has 9 rings (SSSR count). The van der Waals surface area contributed by atoms with Crippen molar-refractivity contribution in [1.82, 2.24) is 0 Å². The molecular weight excluding hydrogens is 977 g/mol. The van der Waals surface area contributed by atoms with E-state index in [1.165, 1.54) is 61.8 Å². The average Bonchev–Trinajstić information content (AvgIpc) is 3.90. The highest BCUT2D eigenvalue weighted by molar-refractivity contribution is 8.23. The summed E-state index contributed by atoms with van der Waals surface area (Å²) in [7, 11) is 0. The molecule has 0 fully saturated rings. The van der Waals surface area contributed by atoms with Crippen molar-refractivity contribution in [1.29, 1.82) is 0 Å². The normalized spacial score (nSPS) is 22.4. The maximum Gasteiger partial charge on any atom is 0.324 e. The van der Waals surface area contributed by atoms with Gasteiger partial charge in [0.2, 0.25) is 0 Å². The number of benzene rings is 3. The van der Waals surface area contributed by atoms with Crippen LogP contribution in [0.15, 0.2) is 70.9 Å². The standard InChI is InChI=1S/C44H49O4S12/c1-15-47-37(45)28(38(46)48-16-2)27-35-33(57-43(11,12)59-35)26(34-36(27)60-44(13,14)58-34)23(24-29-19(49-39(3,4)53-29)17-20-30(24)54-40(5,6)50-20)25-31-21(51-41(7,8)55-31)18-22-32(25)56-42(9,10)52-22/h17-18,28H,15-16H2,1-14H3. The van der Waals surface area contributed by atoms with E-state index in [9.17, 15) is 9.59 Å². The third-order valence-electron chi connectivity index (χ3n) is 9.97. The summed E-state index contributed by atoms with van der Waals surface area (Å²) in [5.41, 5.74) is 4.71.